The lowest BCUT2D eigenvalue weighted by molar-refractivity contribution is -0.136. The second-order valence-corrected chi connectivity index (χ2v) is 4.40. The number of amides is 1. The van der Waals surface area contributed by atoms with Crippen molar-refractivity contribution < 1.29 is 14.6 Å². The number of hydrogen-bond donors (Lipinski definition) is 1. The summed E-state index contributed by atoms with van der Waals surface area (Å²) in [4.78, 5) is 13.0. The van der Waals surface area contributed by atoms with Crippen LogP contribution in [0.25, 0.3) is 0 Å². The van der Waals surface area contributed by atoms with Gasteiger partial charge in [-0.3, -0.25) is 4.79 Å². The SMILES string of the molecule is CN(CC1(O)CCOCC1)C(=O)CCCl. The van der Waals surface area contributed by atoms with Gasteiger partial charge in [-0.2, -0.15) is 0 Å². The molecule has 0 radical (unpaired) electrons. The first-order valence-corrected chi connectivity index (χ1v) is 5.71. The minimum absolute atomic E-state index is 0.0232. The van der Waals surface area contributed by atoms with E-state index in [0.29, 0.717) is 44.9 Å². The minimum Gasteiger partial charge on any atom is -0.388 e. The van der Waals surface area contributed by atoms with Crippen LogP contribution in [0, 0.1) is 0 Å². The number of carbonyl (C=O) groups is 1. The zero-order valence-electron chi connectivity index (χ0n) is 9.04. The molecule has 0 atom stereocenters. The van der Waals surface area contributed by atoms with E-state index in [4.69, 9.17) is 16.3 Å². The Morgan fingerprint density at radius 1 is 1.53 bits per heavy atom. The van der Waals surface area contributed by atoms with Crippen molar-refractivity contribution in [2.45, 2.75) is 24.9 Å². The topological polar surface area (TPSA) is 49.8 Å². The summed E-state index contributed by atoms with van der Waals surface area (Å²) >= 11 is 5.49. The fourth-order valence-electron chi connectivity index (χ4n) is 1.71. The molecule has 0 spiro atoms. The third-order valence-corrected chi connectivity index (χ3v) is 2.88. The number of carbonyl (C=O) groups excluding carboxylic acids is 1. The van der Waals surface area contributed by atoms with Crippen LogP contribution >= 0.6 is 11.6 Å². The molecular formula is C10H18ClNO3. The third kappa shape index (κ3) is 3.97. The Labute approximate surface area is 95.2 Å². The second-order valence-electron chi connectivity index (χ2n) is 4.03. The molecule has 5 heteroatoms. The van der Waals surface area contributed by atoms with Gasteiger partial charge in [-0.05, 0) is 0 Å². The van der Waals surface area contributed by atoms with Crippen LogP contribution < -0.4 is 0 Å². The van der Waals surface area contributed by atoms with Crippen molar-refractivity contribution in [2.24, 2.45) is 0 Å². The predicted molar refractivity (Wildman–Crippen MR) is 58.0 cm³/mol. The molecule has 1 N–H and O–H groups in total. The van der Waals surface area contributed by atoms with Gasteiger partial charge < -0.3 is 14.7 Å². The molecule has 0 bridgehead atoms. The Hall–Kier alpha value is -0.320. The highest BCUT2D eigenvalue weighted by atomic mass is 35.5. The Balaban J connectivity index is 2.41. The number of alkyl halides is 1. The van der Waals surface area contributed by atoms with Crippen LogP contribution in [-0.2, 0) is 9.53 Å². The van der Waals surface area contributed by atoms with Gasteiger partial charge in [-0.25, -0.2) is 0 Å². The number of hydrogen-bond acceptors (Lipinski definition) is 3. The summed E-state index contributed by atoms with van der Waals surface area (Å²) in [6.45, 7) is 1.49. The molecule has 1 aliphatic rings. The summed E-state index contributed by atoms with van der Waals surface area (Å²) in [6, 6.07) is 0. The van der Waals surface area contributed by atoms with Gasteiger partial charge in [0.15, 0.2) is 0 Å². The zero-order valence-corrected chi connectivity index (χ0v) is 9.79. The summed E-state index contributed by atoms with van der Waals surface area (Å²) < 4.78 is 5.17. The highest BCUT2D eigenvalue weighted by Gasteiger charge is 2.32. The lowest BCUT2D eigenvalue weighted by Crippen LogP contribution is -2.47. The van der Waals surface area contributed by atoms with Gasteiger partial charge in [0.25, 0.3) is 0 Å². The maximum atomic E-state index is 11.5. The maximum absolute atomic E-state index is 11.5. The first-order valence-electron chi connectivity index (χ1n) is 5.17. The Bertz CT molecular complexity index is 217. The maximum Gasteiger partial charge on any atom is 0.223 e. The molecule has 88 valence electrons. The van der Waals surface area contributed by atoms with Crippen molar-refractivity contribution in [2.75, 3.05) is 32.7 Å². The molecule has 1 fully saturated rings. The van der Waals surface area contributed by atoms with Crippen LogP contribution in [0.15, 0.2) is 0 Å². The van der Waals surface area contributed by atoms with Crippen LogP contribution in [0.3, 0.4) is 0 Å². The Morgan fingerprint density at radius 2 is 2.13 bits per heavy atom. The standard InChI is InChI=1S/C10H18ClNO3/c1-12(9(13)2-5-11)8-10(14)3-6-15-7-4-10/h14H,2-8H2,1H3. The molecule has 0 unspecified atom stereocenters. The number of aliphatic hydroxyl groups is 1. The molecule has 0 aromatic rings. The summed E-state index contributed by atoms with van der Waals surface area (Å²) in [6.07, 6.45) is 1.50. The number of likely N-dealkylation sites (N-methyl/N-ethyl adjacent to an activating group) is 1. The first kappa shape index (κ1) is 12.7. The summed E-state index contributed by atoms with van der Waals surface area (Å²) in [7, 11) is 1.70. The number of halogens is 1. The second kappa shape index (κ2) is 5.68. The molecule has 0 aliphatic carbocycles. The van der Waals surface area contributed by atoms with Gasteiger partial charge in [-0.15, -0.1) is 11.6 Å². The van der Waals surface area contributed by atoms with E-state index in [-0.39, 0.29) is 5.91 Å². The molecular weight excluding hydrogens is 218 g/mol. The van der Waals surface area contributed by atoms with Crippen LogP contribution in [0.4, 0.5) is 0 Å². The Kier molecular flexibility index (Phi) is 4.83. The van der Waals surface area contributed by atoms with Crippen LogP contribution in [-0.4, -0.2) is 54.2 Å². The fourth-order valence-corrected chi connectivity index (χ4v) is 1.87. The molecule has 1 rings (SSSR count). The molecule has 0 aromatic carbocycles. The highest BCUT2D eigenvalue weighted by molar-refractivity contribution is 6.18. The van der Waals surface area contributed by atoms with E-state index in [9.17, 15) is 9.90 Å². The molecule has 15 heavy (non-hydrogen) atoms. The zero-order chi connectivity index (χ0) is 11.3. The van der Waals surface area contributed by atoms with E-state index >= 15 is 0 Å². The molecule has 0 saturated carbocycles. The highest BCUT2D eigenvalue weighted by Crippen LogP contribution is 2.21. The summed E-state index contributed by atoms with van der Waals surface area (Å²) in [5, 5.41) is 10.2. The minimum atomic E-state index is -0.783. The van der Waals surface area contributed by atoms with Crippen molar-refractivity contribution in [3.8, 4) is 0 Å². The van der Waals surface area contributed by atoms with E-state index < -0.39 is 5.60 Å². The van der Waals surface area contributed by atoms with Gasteiger partial charge >= 0.3 is 0 Å². The van der Waals surface area contributed by atoms with Crippen LogP contribution in [0.1, 0.15) is 19.3 Å². The monoisotopic (exact) mass is 235 g/mol. The predicted octanol–water partition coefficient (Wildman–Crippen LogP) is 0.615. The molecule has 4 nitrogen and oxygen atoms in total. The average molecular weight is 236 g/mol. The molecule has 1 aliphatic heterocycles. The Morgan fingerprint density at radius 3 is 2.67 bits per heavy atom. The summed E-state index contributed by atoms with van der Waals surface area (Å²) in [5.74, 6) is 0.301. The van der Waals surface area contributed by atoms with Crippen molar-refractivity contribution in [3.63, 3.8) is 0 Å². The molecule has 1 amide bonds. The average Bonchev–Trinajstić information content (AvgIpc) is 2.18. The smallest absolute Gasteiger partial charge is 0.223 e. The first-order chi connectivity index (χ1) is 7.07. The lowest BCUT2D eigenvalue weighted by atomic mass is 9.94. The largest absolute Gasteiger partial charge is 0.388 e. The van der Waals surface area contributed by atoms with E-state index in [2.05, 4.69) is 0 Å². The van der Waals surface area contributed by atoms with Gasteiger partial charge in [0.1, 0.15) is 0 Å². The van der Waals surface area contributed by atoms with Crippen LogP contribution in [0.2, 0.25) is 0 Å². The number of nitrogens with zero attached hydrogens (tertiary/aromatic N) is 1. The molecule has 1 heterocycles. The molecule has 1 saturated heterocycles. The normalized spacial score (nSPS) is 19.9. The van der Waals surface area contributed by atoms with Crippen molar-refractivity contribution >= 4 is 17.5 Å². The van der Waals surface area contributed by atoms with Gasteiger partial charge in [0, 0.05) is 51.9 Å². The van der Waals surface area contributed by atoms with Crippen molar-refractivity contribution in [3.05, 3.63) is 0 Å². The van der Waals surface area contributed by atoms with E-state index in [1.165, 1.54) is 0 Å². The van der Waals surface area contributed by atoms with Crippen molar-refractivity contribution in [1.29, 1.82) is 0 Å². The van der Waals surface area contributed by atoms with E-state index in [1.807, 2.05) is 0 Å². The summed E-state index contributed by atoms with van der Waals surface area (Å²) in [5.41, 5.74) is -0.783. The third-order valence-electron chi connectivity index (χ3n) is 2.69. The van der Waals surface area contributed by atoms with E-state index in [1.54, 1.807) is 11.9 Å². The number of rotatable bonds is 4. The van der Waals surface area contributed by atoms with E-state index in [0.717, 1.165) is 0 Å². The fraction of sp³-hybridized carbons (Fsp3) is 0.900. The lowest BCUT2D eigenvalue weighted by Gasteiger charge is -2.35. The van der Waals surface area contributed by atoms with Crippen molar-refractivity contribution in [1.82, 2.24) is 4.90 Å². The molecule has 0 aromatic heterocycles. The number of ether oxygens (including phenoxy) is 1. The quantitative estimate of drug-likeness (QED) is 0.727. The van der Waals surface area contributed by atoms with Gasteiger partial charge in [0.2, 0.25) is 5.91 Å². The van der Waals surface area contributed by atoms with Gasteiger partial charge in [-0.1, -0.05) is 0 Å². The van der Waals surface area contributed by atoms with Crippen LogP contribution in [0.5, 0.6) is 0 Å². The van der Waals surface area contributed by atoms with Gasteiger partial charge in [0.05, 0.1) is 5.60 Å².